The third-order valence-corrected chi connectivity index (χ3v) is 11.3. The Hall–Kier alpha value is -0.390. The predicted molar refractivity (Wildman–Crippen MR) is 212 cm³/mol. The molecule has 48 heavy (non-hydrogen) atoms. The van der Waals surface area contributed by atoms with Crippen molar-refractivity contribution in [2.45, 2.75) is 218 Å². The summed E-state index contributed by atoms with van der Waals surface area (Å²) in [4.78, 5) is 0.203. The van der Waals surface area contributed by atoms with Crippen LogP contribution < -0.4 is 0 Å². The van der Waals surface area contributed by atoms with Gasteiger partial charge in [0.25, 0.3) is 10.1 Å². The zero-order chi connectivity index (χ0) is 34.0. The summed E-state index contributed by atoms with van der Waals surface area (Å²) in [6.45, 7) is 6.81. The summed E-state index contributed by atoms with van der Waals surface area (Å²) in [5, 5.41) is 1.77. The number of rotatable bonds is 31. The van der Waals surface area contributed by atoms with Crippen LogP contribution in [0.3, 0.4) is 0 Å². The Bertz CT molecular complexity index is 1180. The predicted octanol–water partition coefficient (Wildman–Crippen LogP) is 13.9. The zero-order valence-corrected chi connectivity index (χ0v) is 35.0. The van der Waals surface area contributed by atoms with Crippen LogP contribution >= 0.6 is 0 Å². The van der Waals surface area contributed by atoms with Crippen molar-refractivity contribution < 1.29 is 13.0 Å². The Labute approximate surface area is 320 Å². The Balaban J connectivity index is 0.0000115. The average molecular weight is 694 g/mol. The Morgan fingerprint density at radius 2 is 0.708 bits per heavy atom. The second kappa shape index (κ2) is 29.2. The molecule has 1 radical (unpaired) electrons. The van der Waals surface area contributed by atoms with Crippen LogP contribution in [-0.2, 0) is 29.4 Å². The molecule has 0 amide bonds. The van der Waals surface area contributed by atoms with Gasteiger partial charge in [-0.1, -0.05) is 199 Å². The van der Waals surface area contributed by atoms with Crippen LogP contribution in [0.5, 0.6) is 0 Å². The van der Waals surface area contributed by atoms with E-state index < -0.39 is 10.1 Å². The van der Waals surface area contributed by atoms with E-state index in [1.165, 1.54) is 159 Å². The minimum Gasteiger partial charge on any atom is -0.282 e. The molecule has 2 aromatic carbocycles. The molecule has 0 bridgehead atoms. The smallest absolute Gasteiger partial charge is 0.282 e. The van der Waals surface area contributed by atoms with Crippen molar-refractivity contribution in [3.05, 3.63) is 41.0 Å². The van der Waals surface area contributed by atoms with Gasteiger partial charge in [0.2, 0.25) is 0 Å². The van der Waals surface area contributed by atoms with Crippen LogP contribution in [0, 0.1) is 0 Å². The van der Waals surface area contributed by atoms with Crippen LogP contribution in [0.25, 0.3) is 10.8 Å². The normalized spacial score (nSPS) is 11.8. The summed E-state index contributed by atoms with van der Waals surface area (Å²) in [5.41, 5.74) is 3.54. The zero-order valence-electron chi connectivity index (χ0n) is 32.2. The number of aryl methyl sites for hydroxylation is 1. The number of fused-ring (bicyclic) bond motifs is 1. The van der Waals surface area contributed by atoms with E-state index in [0.717, 1.165) is 61.3 Å². The summed E-state index contributed by atoms with van der Waals surface area (Å²) < 4.78 is 36.9. The molecule has 0 spiro atoms. The monoisotopic (exact) mass is 694 g/mol. The van der Waals surface area contributed by atoms with Gasteiger partial charge < -0.3 is 0 Å². The van der Waals surface area contributed by atoms with Gasteiger partial charge in [0.1, 0.15) is 4.90 Å². The molecule has 271 valence electrons. The summed E-state index contributed by atoms with van der Waals surface area (Å²) >= 11 is 0. The second-order valence-corrected chi connectivity index (χ2v) is 15.9. The van der Waals surface area contributed by atoms with Crippen molar-refractivity contribution in [2.24, 2.45) is 0 Å². The molecule has 3 nitrogen and oxygen atoms in total. The number of unbranched alkanes of at least 4 members (excludes halogenated alkanes) is 24. The number of benzene rings is 2. The summed E-state index contributed by atoms with van der Waals surface area (Å²) in [7, 11) is -4.35. The molecule has 0 aliphatic rings. The van der Waals surface area contributed by atoms with E-state index in [0.29, 0.717) is 0 Å². The molecule has 0 aliphatic heterocycles. The van der Waals surface area contributed by atoms with Crippen molar-refractivity contribution in [3.8, 4) is 0 Å². The van der Waals surface area contributed by atoms with Crippen molar-refractivity contribution in [1.29, 1.82) is 0 Å². The molecule has 0 aromatic heterocycles. The van der Waals surface area contributed by atoms with Gasteiger partial charge in [-0.3, -0.25) is 4.55 Å². The van der Waals surface area contributed by atoms with Gasteiger partial charge in [-0.25, -0.2) is 0 Å². The van der Waals surface area contributed by atoms with E-state index in [1.54, 1.807) is 0 Å². The molecular formula is C43H74NaO3S. The van der Waals surface area contributed by atoms with Crippen molar-refractivity contribution in [2.75, 3.05) is 0 Å². The molecule has 0 saturated carbocycles. The minimum absolute atomic E-state index is 0. The second-order valence-electron chi connectivity index (χ2n) is 14.5. The summed E-state index contributed by atoms with van der Waals surface area (Å²) in [6.07, 6.45) is 37.1. The minimum atomic E-state index is -4.35. The number of hydrogen-bond acceptors (Lipinski definition) is 2. The van der Waals surface area contributed by atoms with Gasteiger partial charge >= 0.3 is 0 Å². The Morgan fingerprint density at radius 3 is 1.06 bits per heavy atom. The SMILES string of the molecule is CCCCCCCCCCCc1c(CCCCCCCCCCC)c(S(=O)(=O)O)c2ccccc2c1CCCCCCCCCCC.[Na]. The average Bonchev–Trinajstić information content (AvgIpc) is 3.05. The largest absolute Gasteiger partial charge is 0.295 e. The van der Waals surface area contributed by atoms with Gasteiger partial charge in [-0.2, -0.15) is 8.42 Å². The van der Waals surface area contributed by atoms with Gasteiger partial charge in [0.05, 0.1) is 0 Å². The topological polar surface area (TPSA) is 54.4 Å². The first kappa shape index (κ1) is 45.6. The van der Waals surface area contributed by atoms with Crippen molar-refractivity contribution in [1.82, 2.24) is 0 Å². The maximum Gasteiger partial charge on any atom is 0.295 e. The van der Waals surface area contributed by atoms with E-state index in [4.69, 9.17) is 0 Å². The third-order valence-electron chi connectivity index (χ3n) is 10.3. The van der Waals surface area contributed by atoms with Crippen LogP contribution in [0.1, 0.15) is 211 Å². The van der Waals surface area contributed by atoms with Gasteiger partial charge in [0.15, 0.2) is 0 Å². The number of hydrogen-bond donors (Lipinski definition) is 1. The molecular weight excluding hydrogens is 620 g/mol. The molecule has 0 heterocycles. The van der Waals surface area contributed by atoms with Crippen LogP contribution in [0.2, 0.25) is 0 Å². The fourth-order valence-corrected chi connectivity index (χ4v) is 8.56. The fraction of sp³-hybridized carbons (Fsp3) is 0.767. The van der Waals surface area contributed by atoms with Crippen LogP contribution in [0.15, 0.2) is 29.2 Å². The molecule has 0 saturated heterocycles. The maximum absolute atomic E-state index is 13.1. The van der Waals surface area contributed by atoms with Gasteiger partial charge in [-0.05, 0) is 60.6 Å². The van der Waals surface area contributed by atoms with Gasteiger partial charge in [0, 0.05) is 34.9 Å². The first-order chi connectivity index (χ1) is 23.0. The van der Waals surface area contributed by atoms with Gasteiger partial charge in [-0.15, -0.1) is 0 Å². The van der Waals surface area contributed by atoms with Crippen molar-refractivity contribution >= 4 is 50.4 Å². The molecule has 1 N–H and O–H groups in total. The third kappa shape index (κ3) is 18.7. The Morgan fingerprint density at radius 1 is 0.417 bits per heavy atom. The summed E-state index contributed by atoms with van der Waals surface area (Å²) in [5.74, 6) is 0. The van der Waals surface area contributed by atoms with E-state index in [9.17, 15) is 13.0 Å². The molecule has 0 fully saturated rings. The van der Waals surface area contributed by atoms with E-state index in [-0.39, 0.29) is 34.5 Å². The van der Waals surface area contributed by atoms with E-state index in [1.807, 2.05) is 18.2 Å². The van der Waals surface area contributed by atoms with Crippen LogP contribution in [-0.4, -0.2) is 42.5 Å². The molecule has 5 heteroatoms. The molecule has 2 aromatic rings. The molecule has 0 unspecified atom stereocenters. The van der Waals surface area contributed by atoms with E-state index in [2.05, 4.69) is 26.8 Å². The first-order valence-corrected chi connectivity index (χ1v) is 21.9. The fourth-order valence-electron chi connectivity index (χ4n) is 7.57. The Kier molecular flexibility index (Phi) is 27.8. The van der Waals surface area contributed by atoms with Crippen LogP contribution in [0.4, 0.5) is 0 Å². The standard InChI is InChI=1S/C43H74O3S.Na/c1-4-7-10-13-16-19-22-25-28-33-38-39(34-29-26-23-20-17-14-11-8-5-2)41(36-30-27-24-21-18-15-12-9-6-3)43(47(44,45)46)42-37-32-31-35-40(38)42;/h31-32,35,37H,4-30,33-34,36H2,1-3H3,(H,44,45,46);. The maximum atomic E-state index is 13.1. The van der Waals surface area contributed by atoms with Crippen molar-refractivity contribution in [3.63, 3.8) is 0 Å². The molecule has 0 aliphatic carbocycles. The van der Waals surface area contributed by atoms with E-state index >= 15 is 0 Å². The summed E-state index contributed by atoms with van der Waals surface area (Å²) in [6, 6.07) is 8.01. The molecule has 2 rings (SSSR count). The first-order valence-electron chi connectivity index (χ1n) is 20.5. The quantitative estimate of drug-likeness (QED) is 0.0486. The molecule has 0 atom stereocenters.